The number of aromatic nitrogens is 1. The third kappa shape index (κ3) is 5.41. The van der Waals surface area contributed by atoms with Gasteiger partial charge in [-0.25, -0.2) is 9.79 Å². The van der Waals surface area contributed by atoms with E-state index in [9.17, 15) is 9.59 Å². The number of benzene rings is 3. The van der Waals surface area contributed by atoms with Gasteiger partial charge in [0.1, 0.15) is 5.75 Å². The van der Waals surface area contributed by atoms with Crippen LogP contribution < -0.4 is 24.5 Å². The van der Waals surface area contributed by atoms with Crippen LogP contribution in [0.25, 0.3) is 11.8 Å². The second kappa shape index (κ2) is 12.2. The molecule has 0 spiro atoms. The minimum absolute atomic E-state index is 0.199. The van der Waals surface area contributed by atoms with Gasteiger partial charge in [0.05, 0.1) is 48.8 Å². The number of hydrogen-bond donors (Lipinski definition) is 0. The van der Waals surface area contributed by atoms with E-state index in [0.29, 0.717) is 26.4 Å². The summed E-state index contributed by atoms with van der Waals surface area (Å²) in [6.07, 6.45) is 1.88. The Kier molecular flexibility index (Phi) is 8.03. The first-order chi connectivity index (χ1) is 20.6. The van der Waals surface area contributed by atoms with Crippen molar-refractivity contribution in [2.24, 2.45) is 4.99 Å². The Morgan fingerprint density at radius 3 is 2.40 bits per heavy atom. The van der Waals surface area contributed by atoms with Gasteiger partial charge in [-0.05, 0) is 48.4 Å². The van der Waals surface area contributed by atoms with Crippen LogP contribution in [0.5, 0.6) is 5.75 Å². The van der Waals surface area contributed by atoms with Crippen LogP contribution in [0.4, 0.5) is 5.69 Å². The van der Waals surface area contributed by atoms with E-state index >= 15 is 0 Å². The zero-order valence-corrected chi connectivity index (χ0v) is 24.3. The number of fused-ring (bicyclic) bond motifs is 1. The average Bonchev–Trinajstić information content (AvgIpc) is 3.35. The maximum absolute atomic E-state index is 14.1. The Morgan fingerprint density at radius 2 is 1.74 bits per heavy atom. The maximum Gasteiger partial charge on any atom is 0.338 e. The summed E-state index contributed by atoms with van der Waals surface area (Å²) in [4.78, 5) is 35.4. The molecule has 0 saturated carbocycles. The molecule has 1 unspecified atom stereocenters. The minimum atomic E-state index is -0.729. The quantitative estimate of drug-likeness (QED) is 0.309. The first-order valence-electron chi connectivity index (χ1n) is 13.9. The lowest BCUT2D eigenvalue weighted by molar-refractivity contribution is -0.138. The summed E-state index contributed by atoms with van der Waals surface area (Å²) in [6.45, 7) is 5.12. The van der Waals surface area contributed by atoms with Crippen molar-refractivity contribution >= 4 is 34.8 Å². The first kappa shape index (κ1) is 27.7. The number of thiazole rings is 1. The Bertz CT molecular complexity index is 1790. The average molecular weight is 582 g/mol. The van der Waals surface area contributed by atoms with Gasteiger partial charge in [-0.1, -0.05) is 65.9 Å². The number of rotatable bonds is 7. The molecule has 0 N–H and O–H groups in total. The zero-order valence-electron chi connectivity index (χ0n) is 23.5. The molecule has 0 amide bonds. The second-order valence-electron chi connectivity index (χ2n) is 9.90. The maximum atomic E-state index is 14.1. The molecule has 42 heavy (non-hydrogen) atoms. The fourth-order valence-electron chi connectivity index (χ4n) is 5.30. The number of morpholine rings is 1. The van der Waals surface area contributed by atoms with Crippen molar-refractivity contribution in [1.29, 1.82) is 0 Å². The van der Waals surface area contributed by atoms with Crippen LogP contribution in [0.2, 0.25) is 0 Å². The molecular formula is C33H31N3O5S. The number of carbonyl (C=O) groups is 1. The fourth-order valence-corrected chi connectivity index (χ4v) is 6.30. The third-order valence-corrected chi connectivity index (χ3v) is 8.36. The van der Waals surface area contributed by atoms with Crippen molar-refractivity contribution in [1.82, 2.24) is 4.57 Å². The van der Waals surface area contributed by atoms with E-state index in [0.717, 1.165) is 48.7 Å². The van der Waals surface area contributed by atoms with Crippen LogP contribution >= 0.6 is 11.3 Å². The molecule has 2 aliphatic rings. The predicted molar refractivity (Wildman–Crippen MR) is 164 cm³/mol. The van der Waals surface area contributed by atoms with Gasteiger partial charge in [0.2, 0.25) is 0 Å². The highest BCUT2D eigenvalue weighted by atomic mass is 32.1. The number of nitrogens with zero attached hydrogens (tertiary/aromatic N) is 3. The van der Waals surface area contributed by atoms with E-state index in [1.165, 1.54) is 11.3 Å². The minimum Gasteiger partial charge on any atom is -0.497 e. The topological polar surface area (TPSA) is 82.4 Å². The highest BCUT2D eigenvalue weighted by Crippen LogP contribution is 2.35. The normalized spacial score (nSPS) is 17.0. The van der Waals surface area contributed by atoms with Crippen LogP contribution in [-0.2, 0) is 14.3 Å². The largest absolute Gasteiger partial charge is 0.497 e. The van der Waals surface area contributed by atoms with Crippen molar-refractivity contribution in [3.05, 3.63) is 121 Å². The molecule has 3 heterocycles. The predicted octanol–water partition coefficient (Wildman–Crippen LogP) is 3.78. The molecular weight excluding hydrogens is 550 g/mol. The van der Waals surface area contributed by atoms with E-state index in [2.05, 4.69) is 17.0 Å². The summed E-state index contributed by atoms with van der Waals surface area (Å²) in [5, 5.41) is 0. The number of ether oxygens (including phenoxy) is 3. The summed E-state index contributed by atoms with van der Waals surface area (Å²) >= 11 is 1.31. The van der Waals surface area contributed by atoms with E-state index in [1.807, 2.05) is 72.8 Å². The Hall–Kier alpha value is -4.47. The smallest absolute Gasteiger partial charge is 0.338 e. The number of hydrogen-bond acceptors (Lipinski definition) is 8. The monoisotopic (exact) mass is 581 g/mol. The lowest BCUT2D eigenvalue weighted by Gasteiger charge is -2.28. The fraction of sp³-hybridized carbons (Fsp3) is 0.242. The van der Waals surface area contributed by atoms with Crippen molar-refractivity contribution in [3.8, 4) is 5.75 Å². The van der Waals surface area contributed by atoms with Gasteiger partial charge in [0.25, 0.3) is 5.56 Å². The van der Waals surface area contributed by atoms with Crippen molar-refractivity contribution in [2.45, 2.75) is 13.0 Å². The molecule has 1 aromatic heterocycles. The van der Waals surface area contributed by atoms with Crippen LogP contribution in [0.3, 0.4) is 0 Å². The summed E-state index contributed by atoms with van der Waals surface area (Å²) in [5.41, 5.74) is 4.17. The van der Waals surface area contributed by atoms with Crippen molar-refractivity contribution < 1.29 is 19.0 Å². The number of carbonyl (C=O) groups excluding carboxylic acids is 1. The number of methoxy groups -OCH3 is 1. The molecule has 0 radical (unpaired) electrons. The van der Waals surface area contributed by atoms with Gasteiger partial charge in [0, 0.05) is 24.3 Å². The highest BCUT2D eigenvalue weighted by molar-refractivity contribution is 7.07. The van der Waals surface area contributed by atoms with E-state index in [4.69, 9.17) is 19.2 Å². The van der Waals surface area contributed by atoms with Crippen LogP contribution in [-0.4, -0.2) is 50.6 Å². The van der Waals surface area contributed by atoms with Gasteiger partial charge in [-0.15, -0.1) is 0 Å². The van der Waals surface area contributed by atoms with Crippen LogP contribution in [0.1, 0.15) is 29.7 Å². The summed E-state index contributed by atoms with van der Waals surface area (Å²) in [7, 11) is 1.60. The molecule has 2 aliphatic heterocycles. The van der Waals surface area contributed by atoms with Gasteiger partial charge < -0.3 is 19.1 Å². The summed E-state index contributed by atoms with van der Waals surface area (Å²) in [6, 6.07) is 24.4. The molecule has 0 bridgehead atoms. The molecule has 1 fully saturated rings. The standard InChI is InChI=1S/C33H31N3O5S/c1-3-41-32(38)28-29(23-7-5-4-6-8-23)34-33-36(30(28)24-11-15-26(39-2)16-12-24)31(37)27(42-33)21-22-9-13-25(14-10-22)35-17-19-40-20-18-35/h4-16,21,30H,3,17-20H2,1-2H3. The van der Waals surface area contributed by atoms with Gasteiger partial charge in [-0.3, -0.25) is 9.36 Å². The number of esters is 1. The molecule has 6 rings (SSSR count). The molecule has 8 nitrogen and oxygen atoms in total. The SMILES string of the molecule is CCOC(=O)C1=C(c2ccccc2)N=c2sc(=Cc3ccc(N4CCOCC4)cc3)c(=O)n2C1c1ccc(OC)cc1. The van der Waals surface area contributed by atoms with Gasteiger partial charge in [-0.2, -0.15) is 0 Å². The van der Waals surface area contributed by atoms with Gasteiger partial charge >= 0.3 is 5.97 Å². The van der Waals surface area contributed by atoms with E-state index in [1.54, 1.807) is 18.6 Å². The Balaban J connectivity index is 1.51. The van der Waals surface area contributed by atoms with E-state index in [-0.39, 0.29) is 12.2 Å². The molecule has 0 aliphatic carbocycles. The lowest BCUT2D eigenvalue weighted by Crippen LogP contribution is -2.40. The van der Waals surface area contributed by atoms with E-state index < -0.39 is 12.0 Å². The van der Waals surface area contributed by atoms with Crippen LogP contribution in [0.15, 0.2) is 94.2 Å². The Labute approximate surface area is 247 Å². The highest BCUT2D eigenvalue weighted by Gasteiger charge is 2.35. The van der Waals surface area contributed by atoms with Crippen LogP contribution in [0, 0.1) is 0 Å². The molecule has 1 saturated heterocycles. The zero-order chi connectivity index (χ0) is 29.1. The summed E-state index contributed by atoms with van der Waals surface area (Å²) < 4.78 is 18.5. The molecule has 4 aromatic rings. The molecule has 214 valence electrons. The Morgan fingerprint density at radius 1 is 1.02 bits per heavy atom. The third-order valence-electron chi connectivity index (χ3n) is 7.37. The second-order valence-corrected chi connectivity index (χ2v) is 10.9. The lowest BCUT2D eigenvalue weighted by atomic mass is 9.93. The number of anilines is 1. The van der Waals surface area contributed by atoms with Crippen molar-refractivity contribution in [3.63, 3.8) is 0 Å². The summed E-state index contributed by atoms with van der Waals surface area (Å²) in [5.74, 6) is 0.172. The van der Waals surface area contributed by atoms with Crippen molar-refractivity contribution in [2.75, 3.05) is 44.9 Å². The molecule has 3 aromatic carbocycles. The molecule has 1 atom stereocenters. The first-order valence-corrected chi connectivity index (χ1v) is 14.7. The van der Waals surface area contributed by atoms with Gasteiger partial charge in [0.15, 0.2) is 4.80 Å². The molecule has 9 heteroatoms.